The van der Waals surface area contributed by atoms with Crippen LogP contribution >= 0.6 is 15.9 Å². The number of unbranched alkanes of at least 4 members (excludes halogenated alkanes) is 1. The number of allylic oxidation sites excluding steroid dienone is 1. The molecule has 0 fully saturated rings. The Morgan fingerprint density at radius 3 is 2.33 bits per heavy atom. The first-order chi connectivity index (χ1) is 10.2. The molecule has 2 aromatic carbocycles. The van der Waals surface area contributed by atoms with E-state index < -0.39 is 0 Å². The molecule has 0 atom stereocenters. The number of rotatable bonds is 6. The zero-order valence-corrected chi connectivity index (χ0v) is 13.8. The molecular weight excluding hydrogens is 324 g/mol. The lowest BCUT2D eigenvalue weighted by atomic mass is 10.1. The van der Waals surface area contributed by atoms with Crippen LogP contribution in [0.3, 0.4) is 0 Å². The van der Waals surface area contributed by atoms with E-state index in [1.165, 1.54) is 18.4 Å². The summed E-state index contributed by atoms with van der Waals surface area (Å²) in [6, 6.07) is 15.8. The van der Waals surface area contributed by atoms with Crippen LogP contribution in [0.25, 0.3) is 6.08 Å². The number of carbonyl (C=O) groups is 1. The quantitative estimate of drug-likeness (QED) is 0.487. The van der Waals surface area contributed by atoms with E-state index in [0.717, 1.165) is 16.5 Å². The highest BCUT2D eigenvalue weighted by atomic mass is 79.9. The molecule has 0 radical (unpaired) electrons. The molecule has 0 aliphatic carbocycles. The van der Waals surface area contributed by atoms with Crippen LogP contribution in [0.5, 0.6) is 0 Å². The molecule has 0 spiro atoms. The van der Waals surface area contributed by atoms with Crippen molar-refractivity contribution in [2.75, 3.05) is 0 Å². The monoisotopic (exact) mass is 342 g/mol. The molecule has 0 amide bonds. The maximum Gasteiger partial charge on any atom is 0.185 e. The number of carbonyl (C=O) groups excluding carboxylic acids is 1. The molecule has 0 N–H and O–H groups in total. The summed E-state index contributed by atoms with van der Waals surface area (Å²) in [7, 11) is 0. The SMILES string of the molecule is CCCCc1ccc(C=CC(=O)c2ccc(Br)cc2)cc1. The van der Waals surface area contributed by atoms with Crippen molar-refractivity contribution in [2.45, 2.75) is 26.2 Å². The van der Waals surface area contributed by atoms with E-state index in [1.807, 2.05) is 30.3 Å². The summed E-state index contributed by atoms with van der Waals surface area (Å²) in [5.74, 6) is 0.0255. The van der Waals surface area contributed by atoms with Gasteiger partial charge in [-0.15, -0.1) is 0 Å². The Balaban J connectivity index is 2.00. The molecule has 2 rings (SSSR count). The molecule has 0 saturated heterocycles. The van der Waals surface area contributed by atoms with E-state index in [9.17, 15) is 4.79 Å². The minimum absolute atomic E-state index is 0.0255. The fourth-order valence-electron chi connectivity index (χ4n) is 2.06. The number of halogens is 1. The number of hydrogen-bond donors (Lipinski definition) is 0. The number of hydrogen-bond acceptors (Lipinski definition) is 1. The van der Waals surface area contributed by atoms with E-state index in [2.05, 4.69) is 47.1 Å². The molecule has 0 unspecified atom stereocenters. The average Bonchev–Trinajstić information content (AvgIpc) is 2.52. The first kappa shape index (κ1) is 15.7. The number of ketones is 1. The lowest BCUT2D eigenvalue weighted by Crippen LogP contribution is -1.93. The Kier molecular flexibility index (Phi) is 5.94. The van der Waals surface area contributed by atoms with E-state index >= 15 is 0 Å². The van der Waals surface area contributed by atoms with Crippen molar-refractivity contribution >= 4 is 27.8 Å². The van der Waals surface area contributed by atoms with Crippen molar-refractivity contribution in [2.24, 2.45) is 0 Å². The van der Waals surface area contributed by atoms with Crippen LogP contribution < -0.4 is 0 Å². The summed E-state index contributed by atoms with van der Waals surface area (Å²) in [5.41, 5.74) is 3.11. The van der Waals surface area contributed by atoms with Crippen LogP contribution in [0.2, 0.25) is 0 Å². The predicted molar refractivity (Wildman–Crippen MR) is 92.6 cm³/mol. The van der Waals surface area contributed by atoms with Gasteiger partial charge in [0.2, 0.25) is 0 Å². The summed E-state index contributed by atoms with van der Waals surface area (Å²) in [5, 5.41) is 0. The Hall–Kier alpha value is -1.67. The molecule has 0 bridgehead atoms. The van der Waals surface area contributed by atoms with Crippen LogP contribution in [-0.2, 0) is 6.42 Å². The van der Waals surface area contributed by atoms with Crippen molar-refractivity contribution in [1.82, 2.24) is 0 Å². The normalized spacial score (nSPS) is 11.0. The highest BCUT2D eigenvalue weighted by Crippen LogP contribution is 2.13. The molecular formula is C19H19BrO. The van der Waals surface area contributed by atoms with E-state index in [4.69, 9.17) is 0 Å². The highest BCUT2D eigenvalue weighted by molar-refractivity contribution is 9.10. The van der Waals surface area contributed by atoms with Gasteiger partial charge in [0.1, 0.15) is 0 Å². The molecule has 0 heterocycles. The van der Waals surface area contributed by atoms with E-state index in [1.54, 1.807) is 6.08 Å². The summed E-state index contributed by atoms with van der Waals surface area (Å²) in [6.07, 6.45) is 7.05. The average molecular weight is 343 g/mol. The van der Waals surface area contributed by atoms with Gasteiger partial charge in [-0.2, -0.15) is 0 Å². The zero-order chi connectivity index (χ0) is 15.1. The Morgan fingerprint density at radius 2 is 1.71 bits per heavy atom. The van der Waals surface area contributed by atoms with Crippen molar-refractivity contribution in [3.8, 4) is 0 Å². The van der Waals surface area contributed by atoms with Crippen molar-refractivity contribution in [3.63, 3.8) is 0 Å². The van der Waals surface area contributed by atoms with E-state index in [0.29, 0.717) is 5.56 Å². The van der Waals surface area contributed by atoms with Gasteiger partial charge < -0.3 is 0 Å². The van der Waals surface area contributed by atoms with Crippen LogP contribution in [0.1, 0.15) is 41.3 Å². The van der Waals surface area contributed by atoms with Gasteiger partial charge >= 0.3 is 0 Å². The molecule has 0 aliphatic rings. The molecule has 0 saturated carbocycles. The van der Waals surface area contributed by atoms with Crippen LogP contribution in [-0.4, -0.2) is 5.78 Å². The lowest BCUT2D eigenvalue weighted by molar-refractivity contribution is 0.104. The van der Waals surface area contributed by atoms with Gasteiger partial charge in [-0.1, -0.05) is 59.6 Å². The predicted octanol–water partition coefficient (Wildman–Crippen LogP) is 5.69. The first-order valence-electron chi connectivity index (χ1n) is 7.26. The Bertz CT molecular complexity index is 609. The third-order valence-corrected chi connectivity index (χ3v) is 3.88. The second kappa shape index (κ2) is 7.94. The smallest absolute Gasteiger partial charge is 0.185 e. The minimum Gasteiger partial charge on any atom is -0.289 e. The van der Waals surface area contributed by atoms with Gasteiger partial charge in [-0.3, -0.25) is 4.79 Å². The van der Waals surface area contributed by atoms with Crippen molar-refractivity contribution < 1.29 is 4.79 Å². The lowest BCUT2D eigenvalue weighted by Gasteiger charge is -2.00. The van der Waals surface area contributed by atoms with Gasteiger partial charge in [-0.05, 0) is 54.3 Å². The third-order valence-electron chi connectivity index (χ3n) is 3.35. The highest BCUT2D eigenvalue weighted by Gasteiger charge is 2.01. The second-order valence-corrected chi connectivity index (χ2v) is 5.97. The Morgan fingerprint density at radius 1 is 1.05 bits per heavy atom. The summed E-state index contributed by atoms with van der Waals surface area (Å²) in [6.45, 7) is 2.20. The molecule has 21 heavy (non-hydrogen) atoms. The van der Waals surface area contributed by atoms with Crippen LogP contribution in [0, 0.1) is 0 Å². The zero-order valence-electron chi connectivity index (χ0n) is 12.2. The van der Waals surface area contributed by atoms with Gasteiger partial charge in [0.25, 0.3) is 0 Å². The number of aryl methyl sites for hydroxylation is 1. The van der Waals surface area contributed by atoms with Crippen molar-refractivity contribution in [3.05, 3.63) is 75.8 Å². The maximum absolute atomic E-state index is 12.0. The fourth-order valence-corrected chi connectivity index (χ4v) is 2.32. The Labute approximate surface area is 134 Å². The van der Waals surface area contributed by atoms with Gasteiger partial charge in [0, 0.05) is 10.0 Å². The largest absolute Gasteiger partial charge is 0.289 e. The van der Waals surface area contributed by atoms with Crippen molar-refractivity contribution in [1.29, 1.82) is 0 Å². The van der Waals surface area contributed by atoms with Gasteiger partial charge in [0.15, 0.2) is 5.78 Å². The molecule has 0 aliphatic heterocycles. The third kappa shape index (κ3) is 4.98. The van der Waals surface area contributed by atoms with E-state index in [-0.39, 0.29) is 5.78 Å². The molecule has 2 heteroatoms. The maximum atomic E-state index is 12.0. The summed E-state index contributed by atoms with van der Waals surface area (Å²) in [4.78, 5) is 12.0. The summed E-state index contributed by atoms with van der Waals surface area (Å²) < 4.78 is 0.977. The molecule has 0 aromatic heterocycles. The number of benzene rings is 2. The standard InChI is InChI=1S/C19H19BrO/c1-2-3-4-15-5-7-16(8-6-15)9-14-19(21)17-10-12-18(20)13-11-17/h5-14H,2-4H2,1H3. The first-order valence-corrected chi connectivity index (χ1v) is 8.05. The van der Waals surface area contributed by atoms with Gasteiger partial charge in [-0.25, -0.2) is 0 Å². The fraction of sp³-hybridized carbons (Fsp3) is 0.211. The van der Waals surface area contributed by atoms with Gasteiger partial charge in [0.05, 0.1) is 0 Å². The van der Waals surface area contributed by atoms with Crippen LogP contribution in [0.4, 0.5) is 0 Å². The second-order valence-electron chi connectivity index (χ2n) is 5.05. The molecule has 2 aromatic rings. The minimum atomic E-state index is 0.0255. The molecule has 108 valence electrons. The topological polar surface area (TPSA) is 17.1 Å². The van der Waals surface area contributed by atoms with Crippen LogP contribution in [0.15, 0.2) is 59.1 Å². The summed E-state index contributed by atoms with van der Waals surface area (Å²) >= 11 is 3.37. The molecule has 1 nitrogen and oxygen atoms in total.